The highest BCUT2D eigenvalue weighted by Crippen LogP contribution is 2.19. The fraction of sp³-hybridized carbons (Fsp3) is 0.231. The zero-order chi connectivity index (χ0) is 12.1. The van der Waals surface area contributed by atoms with Gasteiger partial charge in [-0.05, 0) is 36.6 Å². The molecule has 0 aliphatic rings. The largest absolute Gasteiger partial charge is 0.438 e. The zero-order valence-corrected chi connectivity index (χ0v) is 9.63. The first-order valence-electron chi connectivity index (χ1n) is 5.45. The standard InChI is InChI=1S/C13H14N2O2/c1-10-8-13(15-14-9-10)17-12-4-2-11(3-5-12)6-7-16/h2-5,8-9,16H,6-7H2,1H3. The van der Waals surface area contributed by atoms with Crippen LogP contribution in [-0.4, -0.2) is 21.9 Å². The van der Waals surface area contributed by atoms with E-state index < -0.39 is 0 Å². The molecule has 0 aliphatic heterocycles. The molecule has 0 spiro atoms. The smallest absolute Gasteiger partial charge is 0.239 e. The Bertz CT molecular complexity index is 483. The van der Waals surface area contributed by atoms with Crippen molar-refractivity contribution < 1.29 is 9.84 Å². The van der Waals surface area contributed by atoms with Crippen molar-refractivity contribution in [3.05, 3.63) is 47.7 Å². The molecule has 1 aromatic carbocycles. The van der Waals surface area contributed by atoms with Crippen LogP contribution in [-0.2, 0) is 6.42 Å². The van der Waals surface area contributed by atoms with Gasteiger partial charge in [0.2, 0.25) is 5.88 Å². The summed E-state index contributed by atoms with van der Waals surface area (Å²) in [6.45, 7) is 2.09. The van der Waals surface area contributed by atoms with Crippen LogP contribution in [0.5, 0.6) is 11.6 Å². The van der Waals surface area contributed by atoms with Crippen molar-refractivity contribution >= 4 is 0 Å². The van der Waals surface area contributed by atoms with Gasteiger partial charge in [-0.1, -0.05) is 12.1 Å². The molecule has 0 atom stereocenters. The molecule has 2 aromatic rings. The lowest BCUT2D eigenvalue weighted by atomic mass is 10.1. The van der Waals surface area contributed by atoms with E-state index in [-0.39, 0.29) is 6.61 Å². The molecule has 0 radical (unpaired) electrons. The molecule has 88 valence electrons. The second kappa shape index (κ2) is 5.41. The van der Waals surface area contributed by atoms with E-state index in [1.807, 2.05) is 37.3 Å². The third-order valence-corrected chi connectivity index (χ3v) is 2.32. The predicted octanol–water partition coefficient (Wildman–Crippen LogP) is 2.11. The highest BCUT2D eigenvalue weighted by atomic mass is 16.5. The minimum Gasteiger partial charge on any atom is -0.438 e. The molecular weight excluding hydrogens is 216 g/mol. The van der Waals surface area contributed by atoms with Crippen molar-refractivity contribution in [2.24, 2.45) is 0 Å². The van der Waals surface area contributed by atoms with Crippen molar-refractivity contribution in [3.63, 3.8) is 0 Å². The van der Waals surface area contributed by atoms with Crippen LogP contribution in [0.15, 0.2) is 36.5 Å². The molecule has 17 heavy (non-hydrogen) atoms. The maximum absolute atomic E-state index is 8.81. The molecule has 4 heteroatoms. The summed E-state index contributed by atoms with van der Waals surface area (Å²) in [4.78, 5) is 0. The SMILES string of the molecule is Cc1cnnc(Oc2ccc(CCO)cc2)c1. The Morgan fingerprint density at radius 1 is 1.24 bits per heavy atom. The molecule has 0 bridgehead atoms. The van der Waals surface area contributed by atoms with Crippen molar-refractivity contribution in [3.8, 4) is 11.6 Å². The van der Waals surface area contributed by atoms with Crippen LogP contribution < -0.4 is 4.74 Å². The van der Waals surface area contributed by atoms with E-state index in [1.54, 1.807) is 6.20 Å². The normalized spacial score (nSPS) is 10.2. The summed E-state index contributed by atoms with van der Waals surface area (Å²) in [5, 5.41) is 16.5. The van der Waals surface area contributed by atoms with Gasteiger partial charge in [-0.25, -0.2) is 0 Å². The van der Waals surface area contributed by atoms with Crippen molar-refractivity contribution in [2.45, 2.75) is 13.3 Å². The summed E-state index contributed by atoms with van der Waals surface area (Å²) >= 11 is 0. The van der Waals surface area contributed by atoms with Crippen LogP contribution in [0.1, 0.15) is 11.1 Å². The zero-order valence-electron chi connectivity index (χ0n) is 9.63. The van der Waals surface area contributed by atoms with E-state index >= 15 is 0 Å². The van der Waals surface area contributed by atoms with Gasteiger partial charge >= 0.3 is 0 Å². The Morgan fingerprint density at radius 3 is 2.65 bits per heavy atom. The Labute approximate surface area is 99.9 Å². The highest BCUT2D eigenvalue weighted by Gasteiger charge is 2.00. The number of aryl methyl sites for hydroxylation is 1. The summed E-state index contributed by atoms with van der Waals surface area (Å²) in [6.07, 6.45) is 2.34. The quantitative estimate of drug-likeness (QED) is 0.874. The minimum atomic E-state index is 0.156. The molecule has 0 unspecified atom stereocenters. The first kappa shape index (κ1) is 11.5. The van der Waals surface area contributed by atoms with E-state index in [9.17, 15) is 0 Å². The summed E-state index contributed by atoms with van der Waals surface area (Å²) in [5.41, 5.74) is 2.09. The Morgan fingerprint density at radius 2 is 2.00 bits per heavy atom. The van der Waals surface area contributed by atoms with Crippen molar-refractivity contribution in [1.82, 2.24) is 10.2 Å². The van der Waals surface area contributed by atoms with Crippen LogP contribution in [0.25, 0.3) is 0 Å². The Kier molecular flexibility index (Phi) is 3.67. The lowest BCUT2D eigenvalue weighted by molar-refractivity contribution is 0.299. The Hall–Kier alpha value is -1.94. The van der Waals surface area contributed by atoms with Gasteiger partial charge in [0.1, 0.15) is 5.75 Å². The molecule has 1 heterocycles. The van der Waals surface area contributed by atoms with Gasteiger partial charge in [0.05, 0.1) is 6.20 Å². The fourth-order valence-corrected chi connectivity index (χ4v) is 1.46. The number of hydrogen-bond acceptors (Lipinski definition) is 4. The number of nitrogens with zero attached hydrogens (tertiary/aromatic N) is 2. The average molecular weight is 230 g/mol. The summed E-state index contributed by atoms with van der Waals surface area (Å²) in [5.74, 6) is 1.20. The number of aliphatic hydroxyl groups is 1. The van der Waals surface area contributed by atoms with Gasteiger partial charge in [-0.2, -0.15) is 5.10 Å². The molecule has 0 saturated heterocycles. The minimum absolute atomic E-state index is 0.156. The van der Waals surface area contributed by atoms with Crippen LogP contribution in [0.3, 0.4) is 0 Å². The maximum atomic E-state index is 8.81. The summed E-state index contributed by atoms with van der Waals surface area (Å²) < 4.78 is 5.56. The van der Waals surface area contributed by atoms with Gasteiger partial charge in [0, 0.05) is 12.7 Å². The number of rotatable bonds is 4. The van der Waals surface area contributed by atoms with Gasteiger partial charge < -0.3 is 9.84 Å². The number of ether oxygens (including phenoxy) is 1. The highest BCUT2D eigenvalue weighted by molar-refractivity contribution is 5.30. The van der Waals surface area contributed by atoms with Crippen LogP contribution in [0, 0.1) is 6.92 Å². The predicted molar refractivity (Wildman–Crippen MR) is 64.1 cm³/mol. The summed E-state index contributed by atoms with van der Waals surface area (Å²) in [7, 11) is 0. The van der Waals surface area contributed by atoms with E-state index in [0.717, 1.165) is 11.1 Å². The van der Waals surface area contributed by atoms with Gasteiger partial charge in [-0.15, -0.1) is 5.10 Å². The second-order valence-corrected chi connectivity index (χ2v) is 3.79. The lowest BCUT2D eigenvalue weighted by Gasteiger charge is -2.05. The molecule has 1 N–H and O–H groups in total. The first-order chi connectivity index (χ1) is 8.28. The van der Waals surface area contributed by atoms with E-state index in [4.69, 9.17) is 9.84 Å². The molecular formula is C13H14N2O2. The molecule has 0 fully saturated rings. The van der Waals surface area contributed by atoms with Crippen molar-refractivity contribution in [2.75, 3.05) is 6.61 Å². The van der Waals surface area contributed by atoms with E-state index in [2.05, 4.69) is 10.2 Å². The first-order valence-corrected chi connectivity index (χ1v) is 5.45. The van der Waals surface area contributed by atoms with Crippen molar-refractivity contribution in [1.29, 1.82) is 0 Å². The molecule has 2 rings (SSSR count). The topological polar surface area (TPSA) is 55.2 Å². The monoisotopic (exact) mass is 230 g/mol. The van der Waals surface area contributed by atoms with Crippen LogP contribution in [0.2, 0.25) is 0 Å². The molecule has 1 aromatic heterocycles. The maximum Gasteiger partial charge on any atom is 0.239 e. The number of aromatic nitrogens is 2. The third kappa shape index (κ3) is 3.26. The van der Waals surface area contributed by atoms with E-state index in [0.29, 0.717) is 18.1 Å². The Balaban J connectivity index is 2.08. The number of aliphatic hydroxyl groups excluding tert-OH is 1. The van der Waals surface area contributed by atoms with E-state index in [1.165, 1.54) is 0 Å². The van der Waals surface area contributed by atoms with Gasteiger partial charge in [0.25, 0.3) is 0 Å². The number of hydrogen-bond donors (Lipinski definition) is 1. The summed E-state index contributed by atoms with van der Waals surface area (Å²) in [6, 6.07) is 9.39. The van der Waals surface area contributed by atoms with Crippen LogP contribution in [0.4, 0.5) is 0 Å². The van der Waals surface area contributed by atoms with Gasteiger partial charge in [-0.3, -0.25) is 0 Å². The van der Waals surface area contributed by atoms with Crippen LogP contribution >= 0.6 is 0 Å². The average Bonchev–Trinajstić information content (AvgIpc) is 2.32. The molecule has 4 nitrogen and oxygen atoms in total. The fourth-order valence-electron chi connectivity index (χ4n) is 1.46. The third-order valence-electron chi connectivity index (χ3n) is 2.32. The lowest BCUT2D eigenvalue weighted by Crippen LogP contribution is -1.93. The van der Waals surface area contributed by atoms with Gasteiger partial charge in [0.15, 0.2) is 0 Å². The molecule has 0 amide bonds. The second-order valence-electron chi connectivity index (χ2n) is 3.79. The number of benzene rings is 1. The molecule has 0 aliphatic carbocycles. The molecule has 0 saturated carbocycles.